The number of nitrogens with two attached hydrogens (primary N) is 1. The van der Waals surface area contributed by atoms with Crippen LogP contribution in [0.4, 0.5) is 0 Å². The van der Waals surface area contributed by atoms with Crippen LogP contribution in [-0.4, -0.2) is 40.1 Å². The summed E-state index contributed by atoms with van der Waals surface area (Å²) in [5, 5.41) is 7.98. The lowest BCUT2D eigenvalue weighted by Gasteiger charge is -2.30. The van der Waals surface area contributed by atoms with Gasteiger partial charge in [-0.1, -0.05) is 12.1 Å². The molecular weight excluding hydrogens is 414 g/mol. The summed E-state index contributed by atoms with van der Waals surface area (Å²) in [4.78, 5) is 12.4. The van der Waals surface area contributed by atoms with E-state index in [4.69, 9.17) is 5.14 Å². The minimum Gasteiger partial charge on any atom is -0.356 e. The van der Waals surface area contributed by atoms with Crippen LogP contribution in [0.25, 0.3) is 0 Å². The van der Waals surface area contributed by atoms with E-state index in [-0.39, 0.29) is 22.8 Å². The van der Waals surface area contributed by atoms with Crippen molar-refractivity contribution in [1.29, 1.82) is 0 Å². The Bertz CT molecular complexity index is 912. The molecule has 1 amide bonds. The third kappa shape index (κ3) is 6.77. The van der Waals surface area contributed by atoms with E-state index in [0.29, 0.717) is 38.6 Å². The minimum atomic E-state index is -3.70. The molecule has 0 bridgehead atoms. The molecule has 0 aliphatic heterocycles. The summed E-state index contributed by atoms with van der Waals surface area (Å²) in [5.74, 6) is -0.140. The largest absolute Gasteiger partial charge is 0.356 e. The highest BCUT2D eigenvalue weighted by atomic mass is 32.2. The number of sulfonamides is 2. The number of hydrogen-bond acceptors (Lipinski definition) is 5. The van der Waals surface area contributed by atoms with Gasteiger partial charge in [0.05, 0.1) is 9.64 Å². The summed E-state index contributed by atoms with van der Waals surface area (Å²) in [6.45, 7) is 5.44. The molecule has 4 N–H and O–H groups in total. The van der Waals surface area contributed by atoms with Crippen molar-refractivity contribution in [2.45, 2.75) is 68.6 Å². The fourth-order valence-electron chi connectivity index (χ4n) is 3.19. The van der Waals surface area contributed by atoms with E-state index in [9.17, 15) is 21.6 Å². The zero-order valence-electron chi connectivity index (χ0n) is 17.1. The molecule has 0 radical (unpaired) electrons. The first-order valence-electron chi connectivity index (χ1n) is 9.71. The van der Waals surface area contributed by atoms with E-state index < -0.39 is 24.8 Å². The first-order chi connectivity index (χ1) is 13.3. The van der Waals surface area contributed by atoms with Crippen molar-refractivity contribution in [3.05, 3.63) is 29.8 Å². The summed E-state index contributed by atoms with van der Waals surface area (Å²) >= 11 is 0. The van der Waals surface area contributed by atoms with E-state index >= 15 is 0 Å². The molecule has 0 atom stereocenters. The third-order valence-corrected chi connectivity index (χ3v) is 8.38. The van der Waals surface area contributed by atoms with Gasteiger partial charge in [-0.15, -0.1) is 0 Å². The molecule has 0 unspecified atom stereocenters. The maximum Gasteiger partial charge on any atom is 0.238 e. The SMILES string of the molecule is CC(C)(C)S(=O)(=O)N[C@H]1CC[C@H](C(=O)NCCc2ccc(S(N)(=O)=O)cc2)CC1. The van der Waals surface area contributed by atoms with Crippen molar-refractivity contribution in [3.63, 3.8) is 0 Å². The van der Waals surface area contributed by atoms with Gasteiger partial charge in [-0.05, 0) is 70.6 Å². The van der Waals surface area contributed by atoms with Gasteiger partial charge < -0.3 is 5.32 Å². The standard InChI is InChI=1S/C19H31N3O5S2/c1-19(2,3)29(26,27)22-16-8-6-15(7-9-16)18(23)21-13-12-14-4-10-17(11-5-14)28(20,24)25/h4-5,10-11,15-16,22H,6-9,12-13H2,1-3H3,(H,21,23)(H2,20,24,25)/t15-,16-. The van der Waals surface area contributed by atoms with Crippen LogP contribution in [0.2, 0.25) is 0 Å². The van der Waals surface area contributed by atoms with E-state index in [1.165, 1.54) is 12.1 Å². The lowest BCUT2D eigenvalue weighted by molar-refractivity contribution is -0.125. The van der Waals surface area contributed by atoms with Gasteiger partial charge >= 0.3 is 0 Å². The normalized spacial score (nSPS) is 21.0. The fraction of sp³-hybridized carbons (Fsp3) is 0.632. The summed E-state index contributed by atoms with van der Waals surface area (Å²) in [7, 11) is -7.09. The highest BCUT2D eigenvalue weighted by Crippen LogP contribution is 2.26. The van der Waals surface area contributed by atoms with Crippen LogP contribution >= 0.6 is 0 Å². The molecule has 8 nitrogen and oxygen atoms in total. The lowest BCUT2D eigenvalue weighted by atomic mass is 9.86. The molecule has 0 heterocycles. The number of nitrogens with one attached hydrogen (secondary N) is 2. The van der Waals surface area contributed by atoms with Crippen LogP contribution in [0, 0.1) is 5.92 Å². The maximum atomic E-state index is 12.4. The molecule has 10 heteroatoms. The topological polar surface area (TPSA) is 135 Å². The third-order valence-electron chi connectivity index (χ3n) is 5.19. The van der Waals surface area contributed by atoms with Crippen molar-refractivity contribution in [1.82, 2.24) is 10.0 Å². The van der Waals surface area contributed by atoms with Gasteiger partial charge in [0.25, 0.3) is 0 Å². The summed E-state index contributed by atoms with van der Waals surface area (Å²) in [6.07, 6.45) is 3.15. The Morgan fingerprint density at radius 2 is 1.59 bits per heavy atom. The predicted molar refractivity (Wildman–Crippen MR) is 112 cm³/mol. The van der Waals surface area contributed by atoms with Gasteiger partial charge in [0.1, 0.15) is 0 Å². The van der Waals surface area contributed by atoms with Crippen LogP contribution in [0.15, 0.2) is 29.2 Å². The van der Waals surface area contributed by atoms with Gasteiger partial charge in [0.2, 0.25) is 26.0 Å². The Morgan fingerprint density at radius 3 is 2.07 bits per heavy atom. The Balaban J connectivity index is 1.76. The number of hydrogen-bond donors (Lipinski definition) is 3. The molecular formula is C19H31N3O5S2. The molecule has 1 aliphatic rings. The van der Waals surface area contributed by atoms with E-state index in [0.717, 1.165) is 5.56 Å². The quantitative estimate of drug-likeness (QED) is 0.581. The number of carbonyl (C=O) groups is 1. The smallest absolute Gasteiger partial charge is 0.238 e. The first-order valence-corrected chi connectivity index (χ1v) is 12.7. The van der Waals surface area contributed by atoms with E-state index in [1.807, 2.05) is 0 Å². The zero-order chi connectivity index (χ0) is 21.9. The monoisotopic (exact) mass is 445 g/mol. The van der Waals surface area contributed by atoms with Gasteiger partial charge in [-0.2, -0.15) is 0 Å². The first kappa shape index (κ1) is 23.8. The highest BCUT2D eigenvalue weighted by Gasteiger charge is 2.33. The van der Waals surface area contributed by atoms with E-state index in [1.54, 1.807) is 32.9 Å². The molecule has 1 aliphatic carbocycles. The molecule has 1 fully saturated rings. The number of carbonyl (C=O) groups excluding carboxylic acids is 1. The Kier molecular flexibility index (Phi) is 7.47. The second kappa shape index (κ2) is 9.11. The van der Waals surface area contributed by atoms with Crippen molar-refractivity contribution in [3.8, 4) is 0 Å². The molecule has 0 saturated heterocycles. The summed E-state index contributed by atoms with van der Waals surface area (Å²) in [5.41, 5.74) is 0.901. The maximum absolute atomic E-state index is 12.4. The molecule has 1 aromatic carbocycles. The Labute approximate surface area is 173 Å². The van der Waals surface area contributed by atoms with Crippen LogP contribution in [0.3, 0.4) is 0 Å². The molecule has 0 spiro atoms. The minimum absolute atomic E-state index is 0.0247. The molecule has 1 aromatic rings. The average Bonchev–Trinajstić information content (AvgIpc) is 2.60. The molecule has 2 rings (SSSR count). The predicted octanol–water partition coefficient (Wildman–Crippen LogP) is 1.27. The fourth-order valence-corrected chi connectivity index (χ4v) is 4.73. The van der Waals surface area contributed by atoms with Crippen molar-refractivity contribution in [2.24, 2.45) is 11.1 Å². The molecule has 0 aromatic heterocycles. The van der Waals surface area contributed by atoms with Gasteiger partial charge in [0.15, 0.2) is 0 Å². The zero-order valence-corrected chi connectivity index (χ0v) is 18.8. The van der Waals surface area contributed by atoms with Gasteiger partial charge in [-0.25, -0.2) is 26.7 Å². The second-order valence-corrected chi connectivity index (χ2v) is 12.5. The second-order valence-electron chi connectivity index (χ2n) is 8.51. The Morgan fingerprint density at radius 1 is 1.03 bits per heavy atom. The van der Waals surface area contributed by atoms with E-state index in [2.05, 4.69) is 10.0 Å². The molecule has 164 valence electrons. The number of rotatable bonds is 7. The number of primary sulfonamides is 1. The lowest BCUT2D eigenvalue weighted by Crippen LogP contribution is -2.46. The van der Waals surface area contributed by atoms with Crippen molar-refractivity contribution >= 4 is 26.0 Å². The van der Waals surface area contributed by atoms with Gasteiger partial charge in [0, 0.05) is 18.5 Å². The van der Waals surface area contributed by atoms with Crippen LogP contribution < -0.4 is 15.2 Å². The average molecular weight is 446 g/mol. The van der Waals surface area contributed by atoms with Crippen LogP contribution in [0.5, 0.6) is 0 Å². The van der Waals surface area contributed by atoms with Crippen molar-refractivity contribution < 1.29 is 21.6 Å². The van der Waals surface area contributed by atoms with Crippen LogP contribution in [-0.2, 0) is 31.3 Å². The summed E-state index contributed by atoms with van der Waals surface area (Å²) in [6, 6.07) is 6.14. The number of amides is 1. The van der Waals surface area contributed by atoms with Gasteiger partial charge in [-0.3, -0.25) is 4.79 Å². The number of benzene rings is 1. The highest BCUT2D eigenvalue weighted by molar-refractivity contribution is 7.90. The van der Waals surface area contributed by atoms with Crippen LogP contribution in [0.1, 0.15) is 52.0 Å². The molecule has 1 saturated carbocycles. The summed E-state index contributed by atoms with van der Waals surface area (Å²) < 4.78 is 48.9. The Hall–Kier alpha value is -1.49. The molecule has 29 heavy (non-hydrogen) atoms. The van der Waals surface area contributed by atoms with Crippen molar-refractivity contribution in [2.75, 3.05) is 6.54 Å².